The molecule has 0 bridgehead atoms. The molecule has 122 valence electrons. The highest BCUT2D eigenvalue weighted by molar-refractivity contribution is 5.89. The maximum Gasteiger partial charge on any atom is 0.292 e. The van der Waals surface area contributed by atoms with Crippen LogP contribution in [0.25, 0.3) is 0 Å². The zero-order valence-corrected chi connectivity index (χ0v) is 12.5. The fraction of sp³-hybridized carbons (Fsp3) is 0.462. The summed E-state index contributed by atoms with van der Waals surface area (Å²) in [6.07, 6.45) is 1.08. The Labute approximate surface area is 131 Å². The van der Waals surface area contributed by atoms with E-state index in [1.807, 2.05) is 0 Å². The number of nitrogens with zero attached hydrogens (tertiary/aromatic N) is 4. The van der Waals surface area contributed by atoms with E-state index in [9.17, 15) is 9.90 Å². The van der Waals surface area contributed by atoms with Crippen LogP contribution in [0.2, 0.25) is 0 Å². The number of hydrogen-bond acceptors (Lipinski definition) is 9. The molecule has 1 amide bonds. The first-order valence-electron chi connectivity index (χ1n) is 7.16. The topological polar surface area (TPSA) is 152 Å². The summed E-state index contributed by atoms with van der Waals surface area (Å²) in [5, 5.41) is 18.4. The van der Waals surface area contributed by atoms with E-state index in [4.69, 9.17) is 10.3 Å². The van der Waals surface area contributed by atoms with Crippen LogP contribution in [0.1, 0.15) is 41.0 Å². The molecule has 0 unspecified atom stereocenters. The third kappa shape index (κ3) is 3.37. The largest absolute Gasteiger partial charge is 0.393 e. The smallest absolute Gasteiger partial charge is 0.292 e. The van der Waals surface area contributed by atoms with E-state index in [0.717, 1.165) is 5.69 Å². The zero-order chi connectivity index (χ0) is 16.4. The van der Waals surface area contributed by atoms with Crippen LogP contribution < -0.4 is 16.4 Å². The Morgan fingerprint density at radius 2 is 2.22 bits per heavy atom. The van der Waals surface area contributed by atoms with Crippen LogP contribution in [0.3, 0.4) is 0 Å². The van der Waals surface area contributed by atoms with Crippen LogP contribution >= 0.6 is 0 Å². The number of amides is 1. The second kappa shape index (κ2) is 6.16. The van der Waals surface area contributed by atoms with E-state index in [1.165, 1.54) is 7.05 Å². The number of carbonyl (C=O) groups is 1. The average Bonchev–Trinajstić information content (AvgIpc) is 2.97. The second-order valence-electron chi connectivity index (χ2n) is 5.30. The number of nitrogens with one attached hydrogen (secondary N) is 2. The summed E-state index contributed by atoms with van der Waals surface area (Å²) in [7, 11) is 1.49. The summed E-state index contributed by atoms with van der Waals surface area (Å²) in [5.74, 6) is 0.671. The Kier molecular flexibility index (Phi) is 4.06. The number of nitrogen functional groups attached to an aromatic ring is 1. The molecule has 1 saturated carbocycles. The van der Waals surface area contributed by atoms with Crippen molar-refractivity contribution in [3.63, 3.8) is 0 Å². The molecule has 3 rings (SSSR count). The van der Waals surface area contributed by atoms with Crippen molar-refractivity contribution in [2.45, 2.75) is 31.4 Å². The molecule has 5 N–H and O–H groups in total. The molecule has 1 aliphatic rings. The number of aromatic nitrogens is 4. The van der Waals surface area contributed by atoms with E-state index in [2.05, 4.69) is 30.7 Å². The molecule has 10 nitrogen and oxygen atoms in total. The van der Waals surface area contributed by atoms with Gasteiger partial charge in [0.15, 0.2) is 0 Å². The van der Waals surface area contributed by atoms with E-state index >= 15 is 0 Å². The van der Waals surface area contributed by atoms with Gasteiger partial charge in [0.25, 0.3) is 11.7 Å². The minimum atomic E-state index is -0.419. The van der Waals surface area contributed by atoms with Gasteiger partial charge in [0.1, 0.15) is 5.82 Å². The highest BCUT2D eigenvalue weighted by Gasteiger charge is 2.30. The lowest BCUT2D eigenvalue weighted by Crippen LogP contribution is -2.27. The molecule has 2 aromatic heterocycles. The van der Waals surface area contributed by atoms with Gasteiger partial charge in [-0.2, -0.15) is 9.97 Å². The highest BCUT2D eigenvalue weighted by Crippen LogP contribution is 2.36. The van der Waals surface area contributed by atoms with Gasteiger partial charge in [-0.25, -0.2) is 4.98 Å². The third-order valence-corrected chi connectivity index (χ3v) is 3.61. The predicted molar refractivity (Wildman–Crippen MR) is 79.4 cm³/mol. The first-order chi connectivity index (χ1) is 11.0. The van der Waals surface area contributed by atoms with Crippen LogP contribution in [-0.4, -0.2) is 44.3 Å². The number of aliphatic hydroxyl groups is 1. The van der Waals surface area contributed by atoms with E-state index < -0.39 is 5.91 Å². The second-order valence-corrected chi connectivity index (χ2v) is 5.30. The number of carbonyl (C=O) groups excluding carboxylic acids is 1. The summed E-state index contributed by atoms with van der Waals surface area (Å²) in [6, 6.07) is 1.78. The van der Waals surface area contributed by atoms with Gasteiger partial charge in [0.2, 0.25) is 11.8 Å². The monoisotopic (exact) mass is 319 g/mol. The van der Waals surface area contributed by atoms with Crippen molar-refractivity contribution in [2.24, 2.45) is 0 Å². The Balaban J connectivity index is 1.66. The molecule has 2 aromatic rings. The number of nitrogens with two attached hydrogens (primary N) is 1. The summed E-state index contributed by atoms with van der Waals surface area (Å²) in [5.41, 5.74) is 6.51. The van der Waals surface area contributed by atoms with Crippen LogP contribution in [0.15, 0.2) is 10.6 Å². The maximum atomic E-state index is 11.4. The Bertz CT molecular complexity index is 711. The highest BCUT2D eigenvalue weighted by atomic mass is 16.5. The van der Waals surface area contributed by atoms with Crippen LogP contribution in [0.5, 0.6) is 0 Å². The van der Waals surface area contributed by atoms with Gasteiger partial charge in [0, 0.05) is 19.0 Å². The third-order valence-electron chi connectivity index (χ3n) is 3.61. The molecule has 10 heteroatoms. The first kappa shape index (κ1) is 15.2. The fourth-order valence-electron chi connectivity index (χ4n) is 2.31. The summed E-state index contributed by atoms with van der Waals surface area (Å²) in [4.78, 5) is 23.6. The van der Waals surface area contributed by atoms with Gasteiger partial charge < -0.3 is 26.0 Å². The normalized spacial score (nSPS) is 19.9. The molecule has 0 radical (unpaired) electrons. The van der Waals surface area contributed by atoms with Gasteiger partial charge in [0.05, 0.1) is 18.3 Å². The number of rotatable bonds is 5. The Morgan fingerprint density at radius 3 is 2.91 bits per heavy atom. The molecule has 0 saturated heterocycles. The summed E-state index contributed by atoms with van der Waals surface area (Å²) >= 11 is 0. The van der Waals surface area contributed by atoms with Gasteiger partial charge in [-0.3, -0.25) is 4.79 Å². The van der Waals surface area contributed by atoms with Crippen molar-refractivity contribution in [2.75, 3.05) is 18.1 Å². The molecule has 1 fully saturated rings. The predicted octanol–water partition coefficient (Wildman–Crippen LogP) is -0.348. The summed E-state index contributed by atoms with van der Waals surface area (Å²) < 4.78 is 4.97. The van der Waals surface area contributed by atoms with E-state index in [1.54, 1.807) is 6.07 Å². The van der Waals surface area contributed by atoms with Crippen LogP contribution in [0.4, 0.5) is 11.8 Å². The molecular formula is C13H17N7O3. The summed E-state index contributed by atoms with van der Waals surface area (Å²) in [6.45, 7) is 0.202. The van der Waals surface area contributed by atoms with E-state index in [-0.39, 0.29) is 36.2 Å². The van der Waals surface area contributed by atoms with Gasteiger partial charge >= 0.3 is 0 Å². The molecular weight excluding hydrogens is 302 g/mol. The lowest BCUT2D eigenvalue weighted by atomic mass is 9.80. The molecule has 0 atom stereocenters. The number of anilines is 2. The SMILES string of the molecule is CNC(=O)c1noc(CNc2cc(C3CC(O)C3)nc(N)n2)n1. The molecule has 0 aliphatic heterocycles. The number of aliphatic hydroxyl groups excluding tert-OH is 1. The van der Waals surface area contributed by atoms with Gasteiger partial charge in [-0.05, 0) is 12.8 Å². The van der Waals surface area contributed by atoms with E-state index in [0.29, 0.717) is 18.7 Å². The molecule has 23 heavy (non-hydrogen) atoms. The lowest BCUT2D eigenvalue weighted by Gasteiger charge is -2.30. The zero-order valence-electron chi connectivity index (χ0n) is 12.5. The number of hydrogen-bond donors (Lipinski definition) is 4. The van der Waals surface area contributed by atoms with Crippen molar-refractivity contribution >= 4 is 17.7 Å². The van der Waals surface area contributed by atoms with Crippen molar-refractivity contribution in [3.8, 4) is 0 Å². The first-order valence-corrected chi connectivity index (χ1v) is 7.16. The molecule has 0 spiro atoms. The van der Waals surface area contributed by atoms with Crippen molar-refractivity contribution in [1.29, 1.82) is 0 Å². The van der Waals surface area contributed by atoms with Crippen LogP contribution in [-0.2, 0) is 6.54 Å². The molecule has 1 aliphatic carbocycles. The minimum absolute atomic E-state index is 0.0318. The molecule has 2 heterocycles. The lowest BCUT2D eigenvalue weighted by molar-refractivity contribution is 0.0732. The van der Waals surface area contributed by atoms with Crippen LogP contribution in [0, 0.1) is 0 Å². The minimum Gasteiger partial charge on any atom is -0.393 e. The standard InChI is InChI=1S/C13H17N7O3/c1-15-12(22)11-19-10(23-20-11)5-16-9-4-8(17-13(14)18-9)6-2-7(21)3-6/h4,6-7,21H,2-3,5H2,1H3,(H,15,22)(H3,14,16,17,18). The average molecular weight is 319 g/mol. The van der Waals surface area contributed by atoms with Gasteiger partial charge in [-0.15, -0.1) is 0 Å². The van der Waals surface area contributed by atoms with Crippen molar-refractivity contribution in [1.82, 2.24) is 25.4 Å². The Morgan fingerprint density at radius 1 is 1.43 bits per heavy atom. The van der Waals surface area contributed by atoms with Crippen molar-refractivity contribution in [3.05, 3.63) is 23.5 Å². The van der Waals surface area contributed by atoms with Crippen molar-refractivity contribution < 1.29 is 14.4 Å². The Hall–Kier alpha value is -2.75. The quantitative estimate of drug-likeness (QED) is 0.579. The molecule has 0 aromatic carbocycles. The maximum absolute atomic E-state index is 11.4. The fourth-order valence-corrected chi connectivity index (χ4v) is 2.31. The van der Waals surface area contributed by atoms with Gasteiger partial charge in [-0.1, -0.05) is 5.16 Å².